The number of carbonyl (C=O) groups is 1. The summed E-state index contributed by atoms with van der Waals surface area (Å²) in [7, 11) is 2.02. The molecule has 1 aromatic rings. The molecule has 2 aliphatic rings. The third-order valence-electron chi connectivity index (χ3n) is 5.05. The van der Waals surface area contributed by atoms with E-state index in [1.807, 2.05) is 37.4 Å². The maximum absolute atomic E-state index is 12.4. The smallest absolute Gasteiger partial charge is 0.316 e. The Bertz CT molecular complexity index is 521. The van der Waals surface area contributed by atoms with Crippen LogP contribution in [-0.4, -0.2) is 59.0 Å². The molecule has 2 aliphatic heterocycles. The second kappa shape index (κ2) is 6.36. The van der Waals surface area contributed by atoms with E-state index < -0.39 is 5.92 Å². The van der Waals surface area contributed by atoms with E-state index in [-0.39, 0.29) is 36.9 Å². The summed E-state index contributed by atoms with van der Waals surface area (Å²) in [5.41, 5.74) is 0.769. The topological polar surface area (TPSA) is 70.0 Å². The summed E-state index contributed by atoms with van der Waals surface area (Å²) in [4.78, 5) is 14.6. The Morgan fingerprint density at radius 1 is 1.32 bits per heavy atom. The van der Waals surface area contributed by atoms with Crippen molar-refractivity contribution in [3.05, 3.63) is 35.9 Å². The zero-order valence-corrected chi connectivity index (χ0v) is 12.8. The van der Waals surface area contributed by atoms with Gasteiger partial charge in [0.25, 0.3) is 0 Å². The highest BCUT2D eigenvalue weighted by Gasteiger charge is 2.45. The van der Waals surface area contributed by atoms with Crippen molar-refractivity contribution in [2.75, 3.05) is 13.7 Å². The molecule has 5 heteroatoms. The monoisotopic (exact) mass is 305 g/mol. The summed E-state index contributed by atoms with van der Waals surface area (Å²) in [6.07, 6.45) is 1.66. The molecule has 120 valence electrons. The van der Waals surface area contributed by atoms with E-state index in [2.05, 4.69) is 4.90 Å². The Labute approximate surface area is 130 Å². The molecule has 2 fully saturated rings. The van der Waals surface area contributed by atoms with Gasteiger partial charge >= 0.3 is 5.97 Å². The lowest BCUT2D eigenvalue weighted by Crippen LogP contribution is -2.45. The lowest BCUT2D eigenvalue weighted by atomic mass is 9.98. The van der Waals surface area contributed by atoms with E-state index in [1.165, 1.54) is 0 Å². The van der Waals surface area contributed by atoms with Gasteiger partial charge in [-0.15, -0.1) is 0 Å². The standard InChI is InChI=1S/C17H23NO4/c1-18-12-7-13(9-15(18)16(20)8-12)22-17(21)14(10-19)11-5-3-2-4-6-11/h2-6,12-16,19-20H,7-10H2,1H3/t12-,13-,14+,15+,16?/m0/s1. The number of esters is 1. The van der Waals surface area contributed by atoms with Crippen LogP contribution >= 0.6 is 0 Å². The molecular weight excluding hydrogens is 282 g/mol. The van der Waals surface area contributed by atoms with Crippen LogP contribution in [0.3, 0.4) is 0 Å². The van der Waals surface area contributed by atoms with Crippen LogP contribution in [0, 0.1) is 0 Å². The van der Waals surface area contributed by atoms with E-state index >= 15 is 0 Å². The van der Waals surface area contributed by atoms with E-state index in [0.29, 0.717) is 6.42 Å². The number of aliphatic hydroxyl groups is 2. The number of fused-ring (bicyclic) bond motifs is 2. The number of piperidine rings is 1. The van der Waals surface area contributed by atoms with Crippen molar-refractivity contribution in [2.24, 2.45) is 0 Å². The van der Waals surface area contributed by atoms with Gasteiger partial charge in [0.15, 0.2) is 0 Å². The summed E-state index contributed by atoms with van der Waals surface area (Å²) in [5, 5.41) is 19.6. The average molecular weight is 305 g/mol. The number of likely N-dealkylation sites (N-methyl/N-ethyl adjacent to an activating group) is 1. The molecule has 3 rings (SSSR count). The predicted molar refractivity (Wildman–Crippen MR) is 81.3 cm³/mol. The molecule has 0 amide bonds. The van der Waals surface area contributed by atoms with Crippen molar-refractivity contribution in [1.29, 1.82) is 0 Å². The summed E-state index contributed by atoms with van der Waals surface area (Å²) < 4.78 is 5.64. The molecule has 0 aliphatic carbocycles. The van der Waals surface area contributed by atoms with Gasteiger partial charge in [0.05, 0.1) is 12.7 Å². The first-order valence-electron chi connectivity index (χ1n) is 7.86. The summed E-state index contributed by atoms with van der Waals surface area (Å²) >= 11 is 0. The minimum absolute atomic E-state index is 0.0702. The highest BCUT2D eigenvalue weighted by Crippen LogP contribution is 2.36. The number of rotatable bonds is 4. The van der Waals surface area contributed by atoms with Crippen molar-refractivity contribution in [3.8, 4) is 0 Å². The van der Waals surface area contributed by atoms with Gasteiger partial charge in [-0.3, -0.25) is 9.69 Å². The maximum atomic E-state index is 12.4. The third kappa shape index (κ3) is 2.89. The van der Waals surface area contributed by atoms with Crippen LogP contribution in [0.4, 0.5) is 0 Å². The van der Waals surface area contributed by atoms with E-state index in [0.717, 1.165) is 18.4 Å². The van der Waals surface area contributed by atoms with Crippen LogP contribution in [0.2, 0.25) is 0 Å². The Kier molecular flexibility index (Phi) is 4.47. The molecule has 0 aromatic heterocycles. The second-order valence-electron chi connectivity index (χ2n) is 6.37. The fourth-order valence-corrected chi connectivity index (χ4v) is 3.74. The van der Waals surface area contributed by atoms with Gasteiger partial charge in [-0.1, -0.05) is 30.3 Å². The van der Waals surface area contributed by atoms with Crippen LogP contribution < -0.4 is 0 Å². The molecule has 5 nitrogen and oxygen atoms in total. The summed E-state index contributed by atoms with van der Waals surface area (Å²) in [5.74, 6) is -1.01. The first kappa shape index (κ1) is 15.5. The van der Waals surface area contributed by atoms with E-state index in [9.17, 15) is 15.0 Å². The maximum Gasteiger partial charge on any atom is 0.316 e. The highest BCUT2D eigenvalue weighted by atomic mass is 16.5. The lowest BCUT2D eigenvalue weighted by Gasteiger charge is -2.36. The van der Waals surface area contributed by atoms with Gasteiger partial charge in [0.1, 0.15) is 12.0 Å². The molecule has 0 radical (unpaired) electrons. The van der Waals surface area contributed by atoms with Crippen molar-refractivity contribution in [3.63, 3.8) is 0 Å². The van der Waals surface area contributed by atoms with E-state index in [4.69, 9.17) is 4.74 Å². The number of benzene rings is 1. The SMILES string of the molecule is CN1[C@@H]2CC(O)[C@H]1C[C@@H](OC(=O)[C@H](CO)c1ccccc1)C2. The van der Waals surface area contributed by atoms with Crippen LogP contribution in [0.15, 0.2) is 30.3 Å². The average Bonchev–Trinajstić information content (AvgIpc) is 2.68. The number of nitrogens with zero attached hydrogens (tertiary/aromatic N) is 1. The number of ether oxygens (including phenoxy) is 1. The molecule has 2 saturated heterocycles. The number of hydrogen-bond acceptors (Lipinski definition) is 5. The Morgan fingerprint density at radius 3 is 2.68 bits per heavy atom. The summed E-state index contributed by atoms with van der Waals surface area (Å²) in [6.45, 7) is -0.259. The molecule has 0 spiro atoms. The molecular formula is C17H23NO4. The van der Waals surface area contributed by atoms with Crippen molar-refractivity contribution >= 4 is 5.97 Å². The first-order chi connectivity index (χ1) is 10.6. The van der Waals surface area contributed by atoms with Crippen LogP contribution in [-0.2, 0) is 9.53 Å². The lowest BCUT2D eigenvalue weighted by molar-refractivity contribution is -0.155. The van der Waals surface area contributed by atoms with Gasteiger partial charge in [0.2, 0.25) is 0 Å². The quantitative estimate of drug-likeness (QED) is 0.809. The van der Waals surface area contributed by atoms with Crippen LogP contribution in [0.25, 0.3) is 0 Å². The van der Waals surface area contributed by atoms with Gasteiger partial charge < -0.3 is 14.9 Å². The molecule has 1 unspecified atom stereocenters. The Morgan fingerprint density at radius 2 is 2.05 bits per heavy atom. The highest BCUT2D eigenvalue weighted by molar-refractivity contribution is 5.78. The van der Waals surface area contributed by atoms with Gasteiger partial charge in [-0.2, -0.15) is 0 Å². The summed E-state index contributed by atoms with van der Waals surface area (Å²) in [6, 6.07) is 9.56. The molecule has 2 N–H and O–H groups in total. The van der Waals surface area contributed by atoms with E-state index in [1.54, 1.807) is 0 Å². The van der Waals surface area contributed by atoms with Crippen molar-refractivity contribution in [1.82, 2.24) is 4.90 Å². The Hall–Kier alpha value is -1.43. The fraction of sp³-hybridized carbons (Fsp3) is 0.588. The van der Waals surface area contributed by atoms with Gasteiger partial charge in [-0.05, 0) is 19.0 Å². The second-order valence-corrected chi connectivity index (χ2v) is 6.37. The molecule has 0 saturated carbocycles. The van der Waals surface area contributed by atoms with Crippen molar-refractivity contribution < 1.29 is 19.7 Å². The number of aliphatic hydroxyl groups excluding tert-OH is 2. The molecule has 22 heavy (non-hydrogen) atoms. The molecule has 5 atom stereocenters. The fourth-order valence-electron chi connectivity index (χ4n) is 3.74. The number of hydrogen-bond donors (Lipinski definition) is 2. The zero-order chi connectivity index (χ0) is 15.7. The first-order valence-corrected chi connectivity index (χ1v) is 7.86. The largest absolute Gasteiger partial charge is 0.462 e. The third-order valence-corrected chi connectivity index (χ3v) is 5.05. The van der Waals surface area contributed by atoms with Crippen LogP contribution in [0.5, 0.6) is 0 Å². The number of carbonyl (C=O) groups excluding carboxylic acids is 1. The molecule has 2 bridgehead atoms. The van der Waals surface area contributed by atoms with Gasteiger partial charge in [0, 0.05) is 24.9 Å². The minimum atomic E-state index is -0.636. The Balaban J connectivity index is 1.65. The van der Waals surface area contributed by atoms with Crippen LogP contribution in [0.1, 0.15) is 30.7 Å². The molecule has 2 heterocycles. The zero-order valence-electron chi connectivity index (χ0n) is 12.8. The van der Waals surface area contributed by atoms with Gasteiger partial charge in [-0.25, -0.2) is 0 Å². The minimum Gasteiger partial charge on any atom is -0.462 e. The normalized spacial score (nSPS) is 32.7. The predicted octanol–water partition coefficient (Wildman–Crippen LogP) is 0.902. The molecule has 1 aromatic carbocycles. The van der Waals surface area contributed by atoms with Crippen molar-refractivity contribution in [2.45, 2.75) is 49.5 Å².